The topological polar surface area (TPSA) is 38.3 Å². The number of unbranched alkanes of at least 4 members (excludes halogenated alkanes) is 1. The van der Waals surface area contributed by atoms with Crippen molar-refractivity contribution < 1.29 is 9.53 Å². The summed E-state index contributed by atoms with van der Waals surface area (Å²) in [5.74, 6) is -0.0917. The molecule has 0 saturated carbocycles. The number of nitrogens with one attached hydrogen (secondary N) is 1. The van der Waals surface area contributed by atoms with Crippen molar-refractivity contribution in [1.29, 1.82) is 0 Å². The van der Waals surface area contributed by atoms with Crippen molar-refractivity contribution in [1.82, 2.24) is 5.32 Å². The molecule has 19 heavy (non-hydrogen) atoms. The van der Waals surface area contributed by atoms with Crippen LogP contribution in [0.15, 0.2) is 22.7 Å². The first-order chi connectivity index (χ1) is 9.15. The quantitative estimate of drug-likeness (QED) is 0.720. The van der Waals surface area contributed by atoms with E-state index >= 15 is 0 Å². The first kappa shape index (κ1) is 16.5. The van der Waals surface area contributed by atoms with Crippen LogP contribution in [0.5, 0.6) is 0 Å². The van der Waals surface area contributed by atoms with Gasteiger partial charge in [-0.2, -0.15) is 0 Å². The average molecular weight is 349 g/mol. The predicted octanol–water partition coefficient (Wildman–Crippen LogP) is 4.04. The fraction of sp³-hybridized carbons (Fsp3) is 0.500. The Morgan fingerprint density at radius 3 is 2.79 bits per heavy atom. The van der Waals surface area contributed by atoms with E-state index in [0.717, 1.165) is 30.3 Å². The highest BCUT2D eigenvalue weighted by Gasteiger charge is 2.06. The van der Waals surface area contributed by atoms with Crippen LogP contribution in [0.4, 0.5) is 0 Å². The predicted molar refractivity (Wildman–Crippen MR) is 81.8 cm³/mol. The summed E-state index contributed by atoms with van der Waals surface area (Å²) in [5.41, 5.74) is 0.600. The third kappa shape index (κ3) is 6.41. The van der Waals surface area contributed by atoms with E-state index in [4.69, 9.17) is 16.3 Å². The number of benzene rings is 1. The molecule has 0 atom stereocenters. The number of amides is 1. The van der Waals surface area contributed by atoms with E-state index in [0.29, 0.717) is 23.7 Å². The fourth-order valence-corrected chi connectivity index (χ4v) is 1.96. The summed E-state index contributed by atoms with van der Waals surface area (Å²) < 4.78 is 6.15. The minimum Gasteiger partial charge on any atom is -0.381 e. The SMILES string of the molecule is CCCCOCCCNC(=O)c1ccc(Cl)c(Br)c1. The van der Waals surface area contributed by atoms with Gasteiger partial charge in [-0.1, -0.05) is 24.9 Å². The van der Waals surface area contributed by atoms with E-state index in [-0.39, 0.29) is 5.91 Å². The Hall–Kier alpha value is -0.580. The summed E-state index contributed by atoms with van der Waals surface area (Å²) in [4.78, 5) is 11.8. The van der Waals surface area contributed by atoms with Crippen LogP contribution in [0.25, 0.3) is 0 Å². The largest absolute Gasteiger partial charge is 0.381 e. The van der Waals surface area contributed by atoms with Crippen molar-refractivity contribution in [2.75, 3.05) is 19.8 Å². The van der Waals surface area contributed by atoms with Crippen LogP contribution < -0.4 is 5.32 Å². The Morgan fingerprint density at radius 2 is 2.11 bits per heavy atom. The fourth-order valence-electron chi connectivity index (χ4n) is 1.46. The van der Waals surface area contributed by atoms with Crippen LogP contribution in [0.3, 0.4) is 0 Å². The zero-order valence-electron chi connectivity index (χ0n) is 11.0. The first-order valence-corrected chi connectivity index (χ1v) is 7.63. The van der Waals surface area contributed by atoms with E-state index in [1.807, 2.05) is 0 Å². The van der Waals surface area contributed by atoms with E-state index in [9.17, 15) is 4.79 Å². The van der Waals surface area contributed by atoms with E-state index in [1.165, 1.54) is 0 Å². The van der Waals surface area contributed by atoms with Gasteiger partial charge in [0.25, 0.3) is 5.91 Å². The molecule has 0 unspecified atom stereocenters. The summed E-state index contributed by atoms with van der Waals surface area (Å²) in [6.07, 6.45) is 3.05. The van der Waals surface area contributed by atoms with Gasteiger partial charge < -0.3 is 10.1 Å². The zero-order valence-corrected chi connectivity index (χ0v) is 13.4. The van der Waals surface area contributed by atoms with Gasteiger partial charge in [0.1, 0.15) is 0 Å². The van der Waals surface area contributed by atoms with Crippen LogP contribution in [0.2, 0.25) is 5.02 Å². The van der Waals surface area contributed by atoms with E-state index in [2.05, 4.69) is 28.2 Å². The molecule has 0 aliphatic carbocycles. The number of hydrogen-bond acceptors (Lipinski definition) is 2. The van der Waals surface area contributed by atoms with Gasteiger partial charge in [-0.05, 0) is 47.0 Å². The van der Waals surface area contributed by atoms with Gasteiger partial charge in [-0.3, -0.25) is 4.79 Å². The molecule has 0 aliphatic rings. The number of ether oxygens (including phenoxy) is 1. The number of halogens is 2. The molecule has 1 N–H and O–H groups in total. The standard InChI is InChI=1S/C14H19BrClNO2/c1-2-3-8-19-9-4-7-17-14(18)11-5-6-13(16)12(15)10-11/h5-6,10H,2-4,7-9H2,1H3,(H,17,18). The van der Waals surface area contributed by atoms with Crippen molar-refractivity contribution >= 4 is 33.4 Å². The maximum atomic E-state index is 11.8. The average Bonchev–Trinajstić information content (AvgIpc) is 2.40. The Labute approximate surface area is 127 Å². The molecule has 5 heteroatoms. The lowest BCUT2D eigenvalue weighted by Gasteiger charge is -2.07. The van der Waals surface area contributed by atoms with Gasteiger partial charge in [0.2, 0.25) is 0 Å². The van der Waals surface area contributed by atoms with Crippen molar-refractivity contribution in [2.24, 2.45) is 0 Å². The Balaban J connectivity index is 2.22. The van der Waals surface area contributed by atoms with Crippen LogP contribution in [0.1, 0.15) is 36.5 Å². The molecular formula is C14H19BrClNO2. The van der Waals surface area contributed by atoms with Crippen LogP contribution in [0, 0.1) is 0 Å². The molecule has 1 aromatic rings. The summed E-state index contributed by atoms with van der Waals surface area (Å²) in [5, 5.41) is 3.45. The lowest BCUT2D eigenvalue weighted by Crippen LogP contribution is -2.25. The molecular weight excluding hydrogens is 330 g/mol. The second-order valence-electron chi connectivity index (χ2n) is 4.20. The van der Waals surface area contributed by atoms with Gasteiger partial charge in [0.15, 0.2) is 0 Å². The maximum absolute atomic E-state index is 11.8. The molecule has 1 rings (SSSR count). The minimum absolute atomic E-state index is 0.0917. The Morgan fingerprint density at radius 1 is 1.37 bits per heavy atom. The highest BCUT2D eigenvalue weighted by atomic mass is 79.9. The normalized spacial score (nSPS) is 10.5. The summed E-state index contributed by atoms with van der Waals surface area (Å²) >= 11 is 9.18. The molecule has 0 bridgehead atoms. The molecule has 0 fully saturated rings. The second-order valence-corrected chi connectivity index (χ2v) is 5.47. The van der Waals surface area contributed by atoms with Crippen LogP contribution >= 0.6 is 27.5 Å². The number of carbonyl (C=O) groups is 1. The molecule has 0 aromatic heterocycles. The van der Waals surface area contributed by atoms with Gasteiger partial charge >= 0.3 is 0 Å². The molecule has 1 amide bonds. The molecule has 0 spiro atoms. The molecule has 0 aliphatic heterocycles. The zero-order chi connectivity index (χ0) is 14.1. The highest BCUT2D eigenvalue weighted by molar-refractivity contribution is 9.10. The minimum atomic E-state index is -0.0917. The summed E-state index contributed by atoms with van der Waals surface area (Å²) in [7, 11) is 0. The van der Waals surface area contributed by atoms with Crippen molar-refractivity contribution in [3.8, 4) is 0 Å². The molecule has 0 radical (unpaired) electrons. The van der Waals surface area contributed by atoms with Crippen molar-refractivity contribution in [3.63, 3.8) is 0 Å². The number of hydrogen-bond donors (Lipinski definition) is 1. The first-order valence-electron chi connectivity index (χ1n) is 6.46. The smallest absolute Gasteiger partial charge is 0.251 e. The van der Waals surface area contributed by atoms with Crippen LogP contribution in [-0.4, -0.2) is 25.7 Å². The lowest BCUT2D eigenvalue weighted by molar-refractivity contribution is 0.0940. The van der Waals surface area contributed by atoms with Crippen LogP contribution in [-0.2, 0) is 4.74 Å². The highest BCUT2D eigenvalue weighted by Crippen LogP contribution is 2.23. The summed E-state index contributed by atoms with van der Waals surface area (Å²) in [6, 6.07) is 5.13. The third-order valence-corrected chi connectivity index (χ3v) is 3.79. The van der Waals surface area contributed by atoms with Crippen molar-refractivity contribution in [2.45, 2.75) is 26.2 Å². The van der Waals surface area contributed by atoms with Crippen molar-refractivity contribution in [3.05, 3.63) is 33.3 Å². The lowest BCUT2D eigenvalue weighted by atomic mass is 10.2. The molecule has 3 nitrogen and oxygen atoms in total. The van der Waals surface area contributed by atoms with E-state index < -0.39 is 0 Å². The molecule has 0 heterocycles. The molecule has 1 aromatic carbocycles. The monoisotopic (exact) mass is 347 g/mol. The third-order valence-electron chi connectivity index (χ3n) is 2.58. The Kier molecular flexibility index (Phi) is 8.10. The van der Waals surface area contributed by atoms with Gasteiger partial charge in [0, 0.05) is 29.8 Å². The van der Waals surface area contributed by atoms with Gasteiger partial charge in [0.05, 0.1) is 5.02 Å². The molecule has 0 saturated heterocycles. The molecule has 106 valence electrons. The number of carbonyl (C=O) groups excluding carboxylic acids is 1. The summed E-state index contributed by atoms with van der Waals surface area (Å²) in [6.45, 7) is 4.23. The van der Waals surface area contributed by atoms with E-state index in [1.54, 1.807) is 18.2 Å². The number of rotatable bonds is 8. The van der Waals surface area contributed by atoms with Gasteiger partial charge in [-0.25, -0.2) is 0 Å². The van der Waals surface area contributed by atoms with Gasteiger partial charge in [-0.15, -0.1) is 0 Å². The Bertz CT molecular complexity index is 412. The maximum Gasteiger partial charge on any atom is 0.251 e. The second kappa shape index (κ2) is 9.34.